The number of phenolic OH excluding ortho intramolecular Hbond substituents is 1. The number of allylic oxidation sites excluding steroid dienone is 1. The minimum absolute atomic E-state index is 0.00563. The first kappa shape index (κ1) is 16.3. The van der Waals surface area contributed by atoms with E-state index in [-0.39, 0.29) is 23.7 Å². The van der Waals surface area contributed by atoms with Gasteiger partial charge in [0.25, 0.3) is 0 Å². The standard InChI is InChI=1S/C16H14O7/c1-10(17)22-12(8-11-6-7-15(19)23-11)9-21-16(20)13-4-2-3-5-14(13)18/h2-8,12,18H,9H2,1H3/b11-8-/t12-/m0/s1. The Morgan fingerprint density at radius 3 is 2.65 bits per heavy atom. The van der Waals surface area contributed by atoms with Crippen LogP contribution < -0.4 is 0 Å². The molecule has 120 valence electrons. The average molecular weight is 318 g/mol. The number of para-hydroxylation sites is 1. The van der Waals surface area contributed by atoms with Crippen LogP contribution in [-0.4, -0.2) is 35.7 Å². The molecule has 0 bridgehead atoms. The number of ether oxygens (including phenoxy) is 3. The van der Waals surface area contributed by atoms with E-state index in [0.717, 1.165) is 0 Å². The third-order valence-corrected chi connectivity index (χ3v) is 2.77. The van der Waals surface area contributed by atoms with Gasteiger partial charge in [0.2, 0.25) is 0 Å². The maximum Gasteiger partial charge on any atom is 0.342 e. The van der Waals surface area contributed by atoms with Gasteiger partial charge in [0.15, 0.2) is 6.10 Å². The van der Waals surface area contributed by atoms with Crippen LogP contribution in [0.15, 0.2) is 48.3 Å². The Morgan fingerprint density at radius 2 is 2.04 bits per heavy atom. The number of carbonyl (C=O) groups excluding carboxylic acids is 3. The predicted molar refractivity (Wildman–Crippen MR) is 77.3 cm³/mol. The van der Waals surface area contributed by atoms with E-state index >= 15 is 0 Å². The molecule has 1 aliphatic heterocycles. The molecule has 0 unspecified atom stereocenters. The molecule has 0 saturated carbocycles. The Morgan fingerprint density at radius 1 is 1.30 bits per heavy atom. The van der Waals surface area contributed by atoms with E-state index in [0.29, 0.717) is 0 Å². The summed E-state index contributed by atoms with van der Waals surface area (Å²) in [7, 11) is 0. The molecule has 0 amide bonds. The third-order valence-electron chi connectivity index (χ3n) is 2.77. The monoisotopic (exact) mass is 318 g/mol. The van der Waals surface area contributed by atoms with Gasteiger partial charge >= 0.3 is 17.9 Å². The summed E-state index contributed by atoms with van der Waals surface area (Å²) in [6, 6.07) is 5.90. The van der Waals surface area contributed by atoms with Crippen LogP contribution >= 0.6 is 0 Å². The molecule has 0 aliphatic carbocycles. The smallest absolute Gasteiger partial charge is 0.342 e. The number of carbonyl (C=O) groups is 3. The number of hydrogen-bond acceptors (Lipinski definition) is 7. The summed E-state index contributed by atoms with van der Waals surface area (Å²) in [5.41, 5.74) is -0.00563. The average Bonchev–Trinajstić information content (AvgIpc) is 2.89. The molecule has 1 atom stereocenters. The van der Waals surface area contributed by atoms with E-state index in [2.05, 4.69) is 0 Å². The molecule has 1 aromatic carbocycles. The van der Waals surface area contributed by atoms with Crippen molar-refractivity contribution in [3.8, 4) is 5.75 Å². The predicted octanol–water partition coefficient (Wildman–Crippen LogP) is 1.48. The molecule has 1 aromatic rings. The first-order valence-electron chi connectivity index (χ1n) is 6.70. The van der Waals surface area contributed by atoms with Crippen molar-refractivity contribution in [1.29, 1.82) is 0 Å². The molecule has 0 spiro atoms. The highest BCUT2D eigenvalue weighted by Gasteiger charge is 2.19. The normalized spacial score (nSPS) is 16.0. The van der Waals surface area contributed by atoms with E-state index in [1.165, 1.54) is 37.3 Å². The lowest BCUT2D eigenvalue weighted by Crippen LogP contribution is -2.23. The molecule has 0 radical (unpaired) electrons. The highest BCUT2D eigenvalue weighted by molar-refractivity contribution is 5.92. The van der Waals surface area contributed by atoms with Crippen LogP contribution in [0.25, 0.3) is 0 Å². The largest absolute Gasteiger partial charge is 0.507 e. The van der Waals surface area contributed by atoms with E-state index in [1.807, 2.05) is 0 Å². The molecule has 0 fully saturated rings. The van der Waals surface area contributed by atoms with Crippen molar-refractivity contribution in [1.82, 2.24) is 0 Å². The van der Waals surface area contributed by atoms with Gasteiger partial charge in [0.1, 0.15) is 23.7 Å². The molecule has 7 heteroatoms. The lowest BCUT2D eigenvalue weighted by atomic mass is 10.2. The van der Waals surface area contributed by atoms with Crippen LogP contribution in [0.1, 0.15) is 17.3 Å². The highest BCUT2D eigenvalue weighted by Crippen LogP contribution is 2.17. The number of aromatic hydroxyl groups is 1. The Balaban J connectivity index is 2.02. The molecular weight excluding hydrogens is 304 g/mol. The fraction of sp³-hybridized carbons (Fsp3) is 0.188. The Kier molecular flexibility index (Phi) is 5.14. The first-order chi connectivity index (χ1) is 11.0. The SMILES string of the molecule is CC(=O)O[C@@H](/C=C1/C=CC(=O)O1)COC(=O)c1ccccc1O. The molecule has 0 saturated heterocycles. The quantitative estimate of drug-likeness (QED) is 0.648. The van der Waals surface area contributed by atoms with Gasteiger partial charge in [-0.1, -0.05) is 12.1 Å². The van der Waals surface area contributed by atoms with Crippen molar-refractivity contribution in [2.24, 2.45) is 0 Å². The van der Waals surface area contributed by atoms with Crippen molar-refractivity contribution in [3.63, 3.8) is 0 Å². The number of cyclic esters (lactones) is 1. The van der Waals surface area contributed by atoms with Crippen LogP contribution in [0.2, 0.25) is 0 Å². The van der Waals surface area contributed by atoms with Crippen LogP contribution in [0.5, 0.6) is 5.75 Å². The second-order valence-corrected chi connectivity index (χ2v) is 4.59. The van der Waals surface area contributed by atoms with Gasteiger partial charge in [0, 0.05) is 19.1 Å². The topological polar surface area (TPSA) is 99.1 Å². The zero-order valence-electron chi connectivity index (χ0n) is 12.2. The molecule has 23 heavy (non-hydrogen) atoms. The number of rotatable bonds is 5. The maximum absolute atomic E-state index is 11.9. The third kappa shape index (κ3) is 4.70. The molecular formula is C16H14O7. The second-order valence-electron chi connectivity index (χ2n) is 4.59. The number of esters is 3. The van der Waals surface area contributed by atoms with E-state index in [4.69, 9.17) is 14.2 Å². The summed E-state index contributed by atoms with van der Waals surface area (Å²) >= 11 is 0. The van der Waals surface area contributed by atoms with Crippen molar-refractivity contribution in [2.75, 3.05) is 6.61 Å². The summed E-state index contributed by atoms with van der Waals surface area (Å²) in [5, 5.41) is 9.59. The van der Waals surface area contributed by atoms with Gasteiger partial charge in [-0.15, -0.1) is 0 Å². The summed E-state index contributed by atoms with van der Waals surface area (Å²) in [5.74, 6) is -1.91. The minimum atomic E-state index is -0.923. The van der Waals surface area contributed by atoms with Gasteiger partial charge in [-0.05, 0) is 18.2 Å². The number of benzene rings is 1. The first-order valence-corrected chi connectivity index (χ1v) is 6.70. The molecule has 7 nitrogen and oxygen atoms in total. The molecule has 1 heterocycles. The zero-order valence-corrected chi connectivity index (χ0v) is 12.2. The van der Waals surface area contributed by atoms with Crippen molar-refractivity contribution < 1.29 is 33.7 Å². The summed E-state index contributed by atoms with van der Waals surface area (Å²) < 4.78 is 14.8. The number of hydrogen-bond donors (Lipinski definition) is 1. The lowest BCUT2D eigenvalue weighted by molar-refractivity contribution is -0.145. The van der Waals surface area contributed by atoms with Crippen LogP contribution in [-0.2, 0) is 23.8 Å². The molecule has 0 aromatic heterocycles. The maximum atomic E-state index is 11.9. The zero-order chi connectivity index (χ0) is 16.8. The Labute approximate surface area is 131 Å². The Hall–Kier alpha value is -3.09. The minimum Gasteiger partial charge on any atom is -0.507 e. The van der Waals surface area contributed by atoms with Crippen LogP contribution in [0.4, 0.5) is 0 Å². The summed E-state index contributed by atoms with van der Waals surface area (Å²) in [4.78, 5) is 34.0. The van der Waals surface area contributed by atoms with Gasteiger partial charge in [-0.3, -0.25) is 4.79 Å². The fourth-order valence-electron chi connectivity index (χ4n) is 1.82. The van der Waals surface area contributed by atoms with Crippen molar-refractivity contribution in [2.45, 2.75) is 13.0 Å². The van der Waals surface area contributed by atoms with Crippen LogP contribution in [0.3, 0.4) is 0 Å². The van der Waals surface area contributed by atoms with Crippen molar-refractivity contribution >= 4 is 17.9 Å². The van der Waals surface area contributed by atoms with E-state index in [9.17, 15) is 19.5 Å². The van der Waals surface area contributed by atoms with Crippen molar-refractivity contribution in [3.05, 3.63) is 53.8 Å². The highest BCUT2D eigenvalue weighted by atomic mass is 16.6. The van der Waals surface area contributed by atoms with Gasteiger partial charge in [-0.25, -0.2) is 9.59 Å². The van der Waals surface area contributed by atoms with E-state index in [1.54, 1.807) is 12.1 Å². The van der Waals surface area contributed by atoms with E-state index < -0.39 is 24.0 Å². The fourth-order valence-corrected chi connectivity index (χ4v) is 1.82. The summed E-state index contributed by atoms with van der Waals surface area (Å²) in [6.45, 7) is 0.911. The van der Waals surface area contributed by atoms with Gasteiger partial charge in [-0.2, -0.15) is 0 Å². The lowest BCUT2D eigenvalue weighted by Gasteiger charge is -2.14. The van der Waals surface area contributed by atoms with Crippen LogP contribution in [0, 0.1) is 0 Å². The molecule has 2 rings (SSSR count). The number of phenols is 1. The summed E-state index contributed by atoms with van der Waals surface area (Å²) in [6.07, 6.45) is 3.04. The molecule has 1 aliphatic rings. The Bertz CT molecular complexity index is 687. The van der Waals surface area contributed by atoms with Gasteiger partial charge < -0.3 is 19.3 Å². The second kappa shape index (κ2) is 7.26. The van der Waals surface area contributed by atoms with Gasteiger partial charge in [0.05, 0.1) is 0 Å². The molecule has 1 N–H and O–H groups in total.